The first kappa shape index (κ1) is 22.6. The van der Waals surface area contributed by atoms with Crippen molar-refractivity contribution in [1.29, 1.82) is 0 Å². The molecule has 2 aromatic carbocycles. The summed E-state index contributed by atoms with van der Waals surface area (Å²) in [5.41, 5.74) is 2.00. The number of urea groups is 1. The minimum absolute atomic E-state index is 0. The molecule has 2 aromatic rings. The summed E-state index contributed by atoms with van der Waals surface area (Å²) in [6, 6.07) is 15.3. The molecule has 0 bridgehead atoms. The molecule has 0 aliphatic carbocycles. The molecule has 1 unspecified atom stereocenters. The molecule has 2 amide bonds. The van der Waals surface area contributed by atoms with E-state index in [0.717, 1.165) is 29.0 Å². The second kappa shape index (κ2) is 11.3. The van der Waals surface area contributed by atoms with Gasteiger partial charge in [-0.2, -0.15) is 0 Å². The van der Waals surface area contributed by atoms with E-state index in [2.05, 4.69) is 12.2 Å². The van der Waals surface area contributed by atoms with Crippen LogP contribution in [0, 0.1) is 0 Å². The Labute approximate surface area is 168 Å². The lowest BCUT2D eigenvalue weighted by Gasteiger charge is -2.26. The molecule has 2 rings (SSSR count). The fourth-order valence-electron chi connectivity index (χ4n) is 2.86. The first-order chi connectivity index (χ1) is 12.6. The van der Waals surface area contributed by atoms with Crippen molar-refractivity contribution in [3.05, 3.63) is 59.7 Å². The molecule has 0 aliphatic rings. The van der Waals surface area contributed by atoms with Crippen LogP contribution in [0.2, 0.25) is 0 Å². The number of carbonyl (C=O) groups excluding carboxylic acids is 1. The van der Waals surface area contributed by atoms with Crippen LogP contribution in [-0.4, -0.2) is 31.7 Å². The van der Waals surface area contributed by atoms with Crippen LogP contribution in [0.1, 0.15) is 37.4 Å². The topological polar surface area (TPSA) is 50.8 Å². The summed E-state index contributed by atoms with van der Waals surface area (Å²) in [5.74, 6) is 1.46. The Morgan fingerprint density at radius 2 is 1.81 bits per heavy atom. The fraction of sp³-hybridized carbons (Fsp3) is 0.381. The summed E-state index contributed by atoms with van der Waals surface area (Å²) in [7, 11) is 3.25. The Balaban J connectivity index is 0.00000364. The molecule has 0 saturated heterocycles. The quantitative estimate of drug-likeness (QED) is 0.701. The fourth-order valence-corrected chi connectivity index (χ4v) is 2.86. The predicted molar refractivity (Wildman–Crippen MR) is 111 cm³/mol. The number of methoxy groups -OCH3 is 2. The van der Waals surface area contributed by atoms with E-state index in [1.54, 1.807) is 14.2 Å². The van der Waals surface area contributed by atoms with E-state index in [4.69, 9.17) is 9.47 Å². The van der Waals surface area contributed by atoms with Gasteiger partial charge in [0.25, 0.3) is 0 Å². The summed E-state index contributed by atoms with van der Waals surface area (Å²) >= 11 is 0. The van der Waals surface area contributed by atoms with E-state index < -0.39 is 0 Å². The van der Waals surface area contributed by atoms with Crippen molar-refractivity contribution in [2.24, 2.45) is 0 Å². The second-order valence-corrected chi connectivity index (χ2v) is 6.19. The average molecular weight is 393 g/mol. The molecule has 0 saturated carbocycles. The summed E-state index contributed by atoms with van der Waals surface area (Å²) in [5, 5.41) is 3.08. The molecule has 148 valence electrons. The number of amides is 2. The van der Waals surface area contributed by atoms with Crippen LogP contribution in [0.3, 0.4) is 0 Å². The van der Waals surface area contributed by atoms with E-state index in [-0.39, 0.29) is 24.5 Å². The van der Waals surface area contributed by atoms with Crippen LogP contribution in [0.4, 0.5) is 4.79 Å². The normalized spacial score (nSPS) is 11.1. The first-order valence-electron chi connectivity index (χ1n) is 8.90. The van der Waals surface area contributed by atoms with Crippen LogP contribution < -0.4 is 14.8 Å². The number of halogens is 1. The van der Waals surface area contributed by atoms with Crippen molar-refractivity contribution < 1.29 is 14.3 Å². The van der Waals surface area contributed by atoms with E-state index in [1.165, 1.54) is 0 Å². The van der Waals surface area contributed by atoms with Gasteiger partial charge in [-0.3, -0.25) is 0 Å². The lowest BCUT2D eigenvalue weighted by molar-refractivity contribution is 0.191. The molecule has 0 radical (unpaired) electrons. The number of hydrogen-bond acceptors (Lipinski definition) is 3. The Kier molecular flexibility index (Phi) is 9.51. The molecule has 1 N–H and O–H groups in total. The highest BCUT2D eigenvalue weighted by atomic mass is 35.5. The number of carbonyl (C=O) groups is 1. The lowest BCUT2D eigenvalue weighted by atomic mass is 10.1. The van der Waals surface area contributed by atoms with E-state index in [9.17, 15) is 4.79 Å². The van der Waals surface area contributed by atoms with E-state index in [1.807, 2.05) is 60.4 Å². The molecular weight excluding hydrogens is 364 g/mol. The molecule has 0 aromatic heterocycles. The largest absolute Gasteiger partial charge is 0.497 e. The summed E-state index contributed by atoms with van der Waals surface area (Å²) in [6.45, 7) is 5.30. The van der Waals surface area contributed by atoms with Gasteiger partial charge < -0.3 is 19.7 Å². The first-order valence-corrected chi connectivity index (χ1v) is 8.90. The van der Waals surface area contributed by atoms with Gasteiger partial charge in [-0.1, -0.05) is 37.3 Å². The lowest BCUT2D eigenvalue weighted by Crippen LogP contribution is -2.41. The van der Waals surface area contributed by atoms with Crippen molar-refractivity contribution in [3.8, 4) is 11.5 Å². The minimum atomic E-state index is -0.206. The molecule has 27 heavy (non-hydrogen) atoms. The highest BCUT2D eigenvalue weighted by Gasteiger charge is 2.19. The van der Waals surface area contributed by atoms with Gasteiger partial charge in [-0.25, -0.2) is 4.79 Å². The third-order valence-corrected chi connectivity index (χ3v) is 4.24. The number of benzene rings is 2. The van der Waals surface area contributed by atoms with Crippen LogP contribution in [0.5, 0.6) is 11.5 Å². The minimum Gasteiger partial charge on any atom is -0.497 e. The maximum absolute atomic E-state index is 12.8. The molecule has 0 spiro atoms. The van der Waals surface area contributed by atoms with Crippen molar-refractivity contribution in [2.45, 2.75) is 32.9 Å². The Bertz CT molecular complexity index is 710. The van der Waals surface area contributed by atoms with Gasteiger partial charge in [0, 0.05) is 18.7 Å². The predicted octanol–water partition coefficient (Wildman–Crippen LogP) is 4.81. The highest BCUT2D eigenvalue weighted by molar-refractivity contribution is 5.85. The van der Waals surface area contributed by atoms with Crippen LogP contribution in [0.25, 0.3) is 0 Å². The summed E-state index contributed by atoms with van der Waals surface area (Å²) < 4.78 is 10.7. The second-order valence-electron chi connectivity index (χ2n) is 6.19. The van der Waals surface area contributed by atoms with Crippen molar-refractivity contribution >= 4 is 18.4 Å². The van der Waals surface area contributed by atoms with Gasteiger partial charge in [0.05, 0.1) is 20.3 Å². The van der Waals surface area contributed by atoms with Crippen molar-refractivity contribution in [1.82, 2.24) is 10.2 Å². The maximum atomic E-state index is 12.8. The molecule has 0 aliphatic heterocycles. The van der Waals surface area contributed by atoms with Gasteiger partial charge in [-0.15, -0.1) is 12.4 Å². The van der Waals surface area contributed by atoms with Crippen molar-refractivity contribution in [3.63, 3.8) is 0 Å². The van der Waals surface area contributed by atoms with Crippen LogP contribution >= 0.6 is 12.4 Å². The summed E-state index contributed by atoms with van der Waals surface area (Å²) in [4.78, 5) is 14.6. The maximum Gasteiger partial charge on any atom is 0.318 e. The Morgan fingerprint density at radius 1 is 1.11 bits per heavy atom. The van der Waals surface area contributed by atoms with Gasteiger partial charge in [0.1, 0.15) is 11.5 Å². The smallest absolute Gasteiger partial charge is 0.318 e. The van der Waals surface area contributed by atoms with E-state index in [0.29, 0.717) is 13.1 Å². The highest BCUT2D eigenvalue weighted by Crippen LogP contribution is 2.29. The molecule has 0 heterocycles. The third-order valence-electron chi connectivity index (χ3n) is 4.24. The zero-order chi connectivity index (χ0) is 18.9. The molecule has 0 fully saturated rings. The zero-order valence-corrected chi connectivity index (χ0v) is 17.2. The van der Waals surface area contributed by atoms with Crippen LogP contribution in [0.15, 0.2) is 48.5 Å². The Morgan fingerprint density at radius 3 is 2.41 bits per heavy atom. The average Bonchev–Trinajstić information content (AvgIpc) is 2.67. The molecule has 1 atom stereocenters. The number of nitrogens with one attached hydrogen (secondary N) is 1. The van der Waals surface area contributed by atoms with Gasteiger partial charge >= 0.3 is 6.03 Å². The third kappa shape index (κ3) is 6.36. The standard InChI is InChI=1S/C21H28N2O3.ClH/c1-5-13-23(15-17-9-7-6-8-10-17)21(24)22-16(2)19-14-18(25-3)11-12-20(19)26-4;/h6-12,14,16H,5,13,15H2,1-4H3,(H,22,24);1H. The van der Waals surface area contributed by atoms with Crippen molar-refractivity contribution in [2.75, 3.05) is 20.8 Å². The SMILES string of the molecule is CCCN(Cc1ccccc1)C(=O)NC(C)c1cc(OC)ccc1OC.Cl. The zero-order valence-electron chi connectivity index (χ0n) is 16.4. The number of rotatable bonds is 8. The number of nitrogens with zero attached hydrogens (tertiary/aromatic N) is 1. The Hall–Kier alpha value is -2.40. The molecule has 6 heteroatoms. The number of ether oxygens (including phenoxy) is 2. The van der Waals surface area contributed by atoms with Crippen LogP contribution in [-0.2, 0) is 6.54 Å². The van der Waals surface area contributed by atoms with Gasteiger partial charge in [0.15, 0.2) is 0 Å². The number of hydrogen-bond donors (Lipinski definition) is 1. The van der Waals surface area contributed by atoms with E-state index >= 15 is 0 Å². The molecule has 5 nitrogen and oxygen atoms in total. The van der Waals surface area contributed by atoms with Gasteiger partial charge in [-0.05, 0) is 37.1 Å². The summed E-state index contributed by atoms with van der Waals surface area (Å²) in [6.07, 6.45) is 0.900. The van der Waals surface area contributed by atoms with Gasteiger partial charge in [0.2, 0.25) is 0 Å². The monoisotopic (exact) mass is 392 g/mol. The molecular formula is C21H29ClN2O3.